The van der Waals surface area contributed by atoms with Gasteiger partial charge in [0.25, 0.3) is 5.91 Å². The van der Waals surface area contributed by atoms with Crippen LogP contribution < -0.4 is 11.1 Å². The van der Waals surface area contributed by atoms with Gasteiger partial charge in [0.1, 0.15) is 17.0 Å². The van der Waals surface area contributed by atoms with Gasteiger partial charge in [0, 0.05) is 11.9 Å². The molecule has 1 amide bonds. The van der Waals surface area contributed by atoms with Crippen molar-refractivity contribution < 1.29 is 9.18 Å². The molecule has 3 aliphatic carbocycles. The number of nitrogens with zero attached hydrogens (tertiary/aromatic N) is 2. The number of hydrogen-bond acceptors (Lipinski definition) is 4. The molecule has 26 heavy (non-hydrogen) atoms. The molecule has 5 rings (SSSR count). The Morgan fingerprint density at radius 3 is 3.04 bits per heavy atom. The smallest absolute Gasteiger partial charge is 0.270 e. The van der Waals surface area contributed by atoms with Gasteiger partial charge in [0.2, 0.25) is 5.95 Å². The van der Waals surface area contributed by atoms with Crippen molar-refractivity contribution in [2.45, 2.75) is 39.0 Å². The lowest BCUT2D eigenvalue weighted by Gasteiger charge is -2.28. The largest absolute Gasteiger partial charge is 0.368 e. The van der Waals surface area contributed by atoms with Crippen molar-refractivity contribution in [3.8, 4) is 0 Å². The number of nitrogens with one attached hydrogen (secondary N) is 1. The fourth-order valence-corrected chi connectivity index (χ4v) is 5.69. The van der Waals surface area contributed by atoms with E-state index >= 15 is 0 Å². The number of carbonyl (C=O) groups is 1. The van der Waals surface area contributed by atoms with E-state index in [1.54, 1.807) is 12.1 Å². The molecule has 3 aliphatic rings. The van der Waals surface area contributed by atoms with Crippen LogP contribution >= 0.6 is 0 Å². The Bertz CT molecular complexity index is 931. The van der Waals surface area contributed by atoms with Crippen LogP contribution in [0.5, 0.6) is 0 Å². The summed E-state index contributed by atoms with van der Waals surface area (Å²) in [5.74, 6) is 0.772. The third-order valence-corrected chi connectivity index (χ3v) is 7.19. The van der Waals surface area contributed by atoms with Crippen molar-refractivity contribution in [2.24, 2.45) is 22.7 Å². The highest BCUT2D eigenvalue weighted by atomic mass is 19.1. The van der Waals surface area contributed by atoms with Crippen LogP contribution in [-0.2, 0) is 0 Å². The Hall–Kier alpha value is -2.24. The molecule has 2 aromatic rings. The van der Waals surface area contributed by atoms with E-state index in [4.69, 9.17) is 5.73 Å². The van der Waals surface area contributed by atoms with E-state index < -0.39 is 5.82 Å². The number of benzene rings is 1. The Kier molecular flexibility index (Phi) is 3.16. The van der Waals surface area contributed by atoms with Gasteiger partial charge in [-0.3, -0.25) is 4.79 Å². The maximum absolute atomic E-state index is 14.0. The number of nitrogens with two attached hydrogens (primary N) is 1. The minimum atomic E-state index is -0.496. The van der Waals surface area contributed by atoms with E-state index in [1.807, 2.05) is 0 Å². The summed E-state index contributed by atoms with van der Waals surface area (Å²) in [6, 6.07) is 4.53. The van der Waals surface area contributed by atoms with Gasteiger partial charge in [0.15, 0.2) is 0 Å². The molecule has 1 heterocycles. The summed E-state index contributed by atoms with van der Waals surface area (Å²) in [4.78, 5) is 20.8. The van der Waals surface area contributed by atoms with E-state index in [9.17, 15) is 9.18 Å². The normalized spacial score (nSPS) is 34.1. The predicted molar refractivity (Wildman–Crippen MR) is 96.8 cm³/mol. The SMILES string of the molecule is CCC1CC2CC23CC3(CNC(=O)c2nc(N)nc3c(F)cccc23)C1. The van der Waals surface area contributed by atoms with E-state index in [0.29, 0.717) is 17.3 Å². The third-order valence-electron chi connectivity index (χ3n) is 7.19. The number of carbonyl (C=O) groups excluding carboxylic acids is 1. The second kappa shape index (κ2) is 5.15. The molecular formula is C20H23FN4O. The number of fused-ring (bicyclic) bond motifs is 1. The lowest BCUT2D eigenvalue weighted by molar-refractivity contribution is 0.0931. The number of para-hydroxylation sites is 1. The zero-order chi connectivity index (χ0) is 18.1. The van der Waals surface area contributed by atoms with Crippen molar-refractivity contribution in [3.63, 3.8) is 0 Å². The maximum Gasteiger partial charge on any atom is 0.270 e. The summed E-state index contributed by atoms with van der Waals surface area (Å²) in [6.07, 6.45) is 6.35. The molecule has 4 unspecified atom stereocenters. The summed E-state index contributed by atoms with van der Waals surface area (Å²) in [7, 11) is 0. The fourth-order valence-electron chi connectivity index (χ4n) is 5.69. The average Bonchev–Trinajstić information content (AvgIpc) is 3.49. The second-order valence-corrected chi connectivity index (χ2v) is 8.48. The van der Waals surface area contributed by atoms with Crippen molar-refractivity contribution >= 4 is 22.8 Å². The fraction of sp³-hybridized carbons (Fsp3) is 0.550. The van der Waals surface area contributed by atoms with Crippen molar-refractivity contribution in [1.29, 1.82) is 0 Å². The van der Waals surface area contributed by atoms with Gasteiger partial charge in [-0.15, -0.1) is 0 Å². The van der Waals surface area contributed by atoms with Crippen molar-refractivity contribution in [2.75, 3.05) is 12.3 Å². The minimum Gasteiger partial charge on any atom is -0.368 e. The Morgan fingerprint density at radius 2 is 2.23 bits per heavy atom. The van der Waals surface area contributed by atoms with Crippen LogP contribution in [0, 0.1) is 28.5 Å². The summed E-state index contributed by atoms with van der Waals surface area (Å²) >= 11 is 0. The van der Waals surface area contributed by atoms with Crippen LogP contribution in [0.3, 0.4) is 0 Å². The Labute approximate surface area is 151 Å². The zero-order valence-electron chi connectivity index (χ0n) is 14.9. The zero-order valence-corrected chi connectivity index (χ0v) is 14.9. The highest BCUT2D eigenvalue weighted by molar-refractivity contribution is 6.04. The van der Waals surface area contributed by atoms with Gasteiger partial charge < -0.3 is 11.1 Å². The molecule has 136 valence electrons. The van der Waals surface area contributed by atoms with Crippen LogP contribution in [0.25, 0.3) is 10.9 Å². The summed E-state index contributed by atoms with van der Waals surface area (Å²) in [5, 5.41) is 3.48. The van der Waals surface area contributed by atoms with Crippen molar-refractivity contribution in [1.82, 2.24) is 15.3 Å². The maximum atomic E-state index is 14.0. The van der Waals surface area contributed by atoms with Crippen LogP contribution in [0.1, 0.15) is 49.5 Å². The summed E-state index contributed by atoms with van der Waals surface area (Å²) in [6.45, 7) is 2.94. The van der Waals surface area contributed by atoms with E-state index in [1.165, 1.54) is 38.2 Å². The molecule has 0 radical (unpaired) electrons. The van der Waals surface area contributed by atoms with Crippen molar-refractivity contribution in [3.05, 3.63) is 29.7 Å². The van der Waals surface area contributed by atoms with E-state index in [2.05, 4.69) is 22.2 Å². The van der Waals surface area contributed by atoms with Crippen LogP contribution in [0.4, 0.5) is 10.3 Å². The molecule has 0 bridgehead atoms. The molecule has 5 nitrogen and oxygen atoms in total. The monoisotopic (exact) mass is 354 g/mol. The molecule has 3 fully saturated rings. The standard InChI is InChI=1S/C20H23FN4O/c1-2-11-6-12-8-20(12)9-19(20,7-11)10-23-17(26)16-13-4-3-5-14(21)15(13)24-18(22)25-16/h3-5,11-12H,2,6-10H2,1H3,(H,23,26)(H2,22,24,25). The second-order valence-electron chi connectivity index (χ2n) is 8.48. The highest BCUT2D eigenvalue weighted by Gasteiger charge is 2.80. The number of hydrogen-bond donors (Lipinski definition) is 2. The van der Waals surface area contributed by atoms with E-state index in [-0.39, 0.29) is 28.5 Å². The first-order chi connectivity index (χ1) is 12.5. The Morgan fingerprint density at radius 1 is 1.38 bits per heavy atom. The number of halogens is 1. The first-order valence-electron chi connectivity index (χ1n) is 9.48. The van der Waals surface area contributed by atoms with Gasteiger partial charge in [-0.05, 0) is 54.4 Å². The van der Waals surface area contributed by atoms with Gasteiger partial charge in [-0.2, -0.15) is 0 Å². The predicted octanol–water partition coefficient (Wildman–Crippen LogP) is 3.30. The van der Waals surface area contributed by atoms with Crippen LogP contribution in [-0.4, -0.2) is 22.4 Å². The van der Waals surface area contributed by atoms with Gasteiger partial charge in [0.05, 0.1) is 0 Å². The molecule has 6 heteroatoms. The molecule has 4 atom stereocenters. The quantitative estimate of drug-likeness (QED) is 0.883. The number of amides is 1. The lowest BCUT2D eigenvalue weighted by Crippen LogP contribution is -2.34. The minimum absolute atomic E-state index is 0.0835. The Balaban J connectivity index is 1.39. The molecule has 1 aromatic carbocycles. The molecule has 0 aliphatic heterocycles. The molecule has 3 saturated carbocycles. The van der Waals surface area contributed by atoms with E-state index in [0.717, 1.165) is 11.8 Å². The molecule has 0 saturated heterocycles. The van der Waals surface area contributed by atoms with Crippen LogP contribution in [0.15, 0.2) is 18.2 Å². The summed E-state index contributed by atoms with van der Waals surface area (Å²) < 4.78 is 14.0. The molecular weight excluding hydrogens is 331 g/mol. The average molecular weight is 354 g/mol. The number of rotatable bonds is 4. The lowest BCUT2D eigenvalue weighted by atomic mass is 9.79. The molecule has 3 N–H and O–H groups in total. The van der Waals surface area contributed by atoms with Gasteiger partial charge in [-0.1, -0.05) is 25.5 Å². The number of nitrogen functional groups attached to an aromatic ring is 1. The highest BCUT2D eigenvalue weighted by Crippen LogP contribution is 2.86. The first-order valence-corrected chi connectivity index (χ1v) is 9.48. The molecule has 1 aromatic heterocycles. The number of aromatic nitrogens is 2. The van der Waals surface area contributed by atoms with Crippen LogP contribution in [0.2, 0.25) is 0 Å². The topological polar surface area (TPSA) is 80.9 Å². The third kappa shape index (κ3) is 2.10. The number of anilines is 1. The molecule has 1 spiro atoms. The van der Waals surface area contributed by atoms with Gasteiger partial charge in [-0.25, -0.2) is 14.4 Å². The first kappa shape index (κ1) is 16.0. The van der Waals surface area contributed by atoms with Gasteiger partial charge >= 0.3 is 0 Å². The summed E-state index contributed by atoms with van der Waals surface area (Å²) in [5.41, 5.74) is 6.73.